The maximum absolute atomic E-state index is 12.6. The highest BCUT2D eigenvalue weighted by Crippen LogP contribution is 2.25. The highest BCUT2D eigenvalue weighted by atomic mass is 32.1. The molecule has 2 aromatic heterocycles. The van der Waals surface area contributed by atoms with Gasteiger partial charge in [0.15, 0.2) is 0 Å². The van der Waals surface area contributed by atoms with Crippen molar-refractivity contribution < 1.29 is 4.79 Å². The monoisotopic (exact) mass is 396 g/mol. The van der Waals surface area contributed by atoms with E-state index in [4.69, 9.17) is 0 Å². The Labute approximate surface area is 167 Å². The van der Waals surface area contributed by atoms with E-state index in [1.54, 1.807) is 6.21 Å². The molecule has 0 spiro atoms. The molecule has 7 heteroatoms. The zero-order valence-corrected chi connectivity index (χ0v) is 17.6. The van der Waals surface area contributed by atoms with E-state index in [0.717, 1.165) is 16.0 Å². The molecular formula is C21H24N4O2S. The van der Waals surface area contributed by atoms with Gasteiger partial charge in [-0.1, -0.05) is 45.0 Å². The SMILES string of the molecule is Cc1sc2ncn(CC(=O)N/N=C\c3ccc(C(C)(C)C)cc3)c(=O)c2c1C. The number of hydrogen-bond donors (Lipinski definition) is 1. The summed E-state index contributed by atoms with van der Waals surface area (Å²) in [6.07, 6.45) is 3.00. The minimum Gasteiger partial charge on any atom is -0.289 e. The molecule has 0 aliphatic rings. The zero-order valence-electron chi connectivity index (χ0n) is 16.7. The van der Waals surface area contributed by atoms with Crippen molar-refractivity contribution in [2.24, 2.45) is 5.10 Å². The lowest BCUT2D eigenvalue weighted by molar-refractivity contribution is -0.121. The van der Waals surface area contributed by atoms with E-state index in [0.29, 0.717) is 10.2 Å². The largest absolute Gasteiger partial charge is 0.289 e. The van der Waals surface area contributed by atoms with Crippen molar-refractivity contribution in [1.82, 2.24) is 15.0 Å². The molecule has 6 nitrogen and oxygen atoms in total. The summed E-state index contributed by atoms with van der Waals surface area (Å²) in [6.45, 7) is 10.2. The fourth-order valence-electron chi connectivity index (χ4n) is 2.82. The average Bonchev–Trinajstić information content (AvgIpc) is 2.92. The summed E-state index contributed by atoms with van der Waals surface area (Å²) in [5.41, 5.74) is 5.39. The van der Waals surface area contributed by atoms with Crippen LogP contribution in [0.2, 0.25) is 0 Å². The molecule has 1 N–H and O–H groups in total. The first-order chi connectivity index (χ1) is 13.2. The Balaban J connectivity index is 1.67. The van der Waals surface area contributed by atoms with Gasteiger partial charge in [-0.3, -0.25) is 14.2 Å². The van der Waals surface area contributed by atoms with Crippen LogP contribution in [0.15, 0.2) is 40.5 Å². The van der Waals surface area contributed by atoms with Gasteiger partial charge in [0.05, 0.1) is 17.9 Å². The van der Waals surface area contributed by atoms with Crippen molar-refractivity contribution in [1.29, 1.82) is 0 Å². The molecule has 28 heavy (non-hydrogen) atoms. The first-order valence-corrected chi connectivity index (χ1v) is 9.86. The van der Waals surface area contributed by atoms with Gasteiger partial charge >= 0.3 is 0 Å². The fourth-order valence-corrected chi connectivity index (χ4v) is 3.81. The lowest BCUT2D eigenvalue weighted by atomic mass is 9.87. The van der Waals surface area contributed by atoms with Gasteiger partial charge in [0, 0.05) is 4.88 Å². The maximum Gasteiger partial charge on any atom is 0.262 e. The van der Waals surface area contributed by atoms with Gasteiger partial charge in [-0.15, -0.1) is 11.3 Å². The average molecular weight is 397 g/mol. The summed E-state index contributed by atoms with van der Waals surface area (Å²) in [6, 6.07) is 8.02. The van der Waals surface area contributed by atoms with Gasteiger partial charge in [-0.05, 0) is 36.0 Å². The zero-order chi connectivity index (χ0) is 20.5. The standard InChI is InChI=1S/C21H24N4O2S/c1-13-14(2)28-19-18(13)20(27)25(12-22-19)11-17(26)24-23-10-15-6-8-16(9-7-15)21(3,4)5/h6-10,12H,11H2,1-5H3,(H,24,26)/b23-10-. The van der Waals surface area contributed by atoms with E-state index in [1.807, 2.05) is 26.0 Å². The van der Waals surface area contributed by atoms with Gasteiger partial charge in [-0.25, -0.2) is 10.4 Å². The normalized spacial score (nSPS) is 12.0. The molecule has 1 amide bonds. The highest BCUT2D eigenvalue weighted by Gasteiger charge is 2.14. The van der Waals surface area contributed by atoms with E-state index >= 15 is 0 Å². The number of aryl methyl sites for hydroxylation is 2. The molecular weight excluding hydrogens is 372 g/mol. The van der Waals surface area contributed by atoms with Crippen molar-refractivity contribution in [3.8, 4) is 0 Å². The smallest absolute Gasteiger partial charge is 0.262 e. The number of nitrogens with one attached hydrogen (secondary N) is 1. The number of nitrogens with zero attached hydrogens (tertiary/aromatic N) is 3. The Morgan fingerprint density at radius 3 is 2.57 bits per heavy atom. The summed E-state index contributed by atoms with van der Waals surface area (Å²) in [7, 11) is 0. The molecule has 0 bridgehead atoms. The van der Waals surface area contributed by atoms with Gasteiger partial charge < -0.3 is 0 Å². The molecule has 1 aromatic carbocycles. The minimum absolute atomic E-state index is 0.0889. The Morgan fingerprint density at radius 1 is 1.25 bits per heavy atom. The number of aromatic nitrogens is 2. The lowest BCUT2D eigenvalue weighted by Gasteiger charge is -2.18. The third kappa shape index (κ3) is 4.20. The predicted molar refractivity (Wildman–Crippen MR) is 114 cm³/mol. The lowest BCUT2D eigenvalue weighted by Crippen LogP contribution is -2.30. The Morgan fingerprint density at radius 2 is 1.93 bits per heavy atom. The number of thiophene rings is 1. The minimum atomic E-state index is -0.379. The topological polar surface area (TPSA) is 76.3 Å². The van der Waals surface area contributed by atoms with Crippen molar-refractivity contribution in [3.05, 3.63) is 62.5 Å². The number of carbonyl (C=O) groups is 1. The quantitative estimate of drug-likeness (QED) is 0.541. The molecule has 0 saturated heterocycles. The second-order valence-electron chi connectivity index (χ2n) is 7.81. The van der Waals surface area contributed by atoms with Crippen molar-refractivity contribution in [3.63, 3.8) is 0 Å². The number of fused-ring (bicyclic) bond motifs is 1. The van der Waals surface area contributed by atoms with Crippen LogP contribution in [-0.2, 0) is 16.8 Å². The number of benzene rings is 1. The van der Waals surface area contributed by atoms with Crippen molar-refractivity contribution in [2.75, 3.05) is 0 Å². The molecule has 0 fully saturated rings. The van der Waals surface area contributed by atoms with E-state index in [-0.39, 0.29) is 23.4 Å². The highest BCUT2D eigenvalue weighted by molar-refractivity contribution is 7.18. The predicted octanol–water partition coefficient (Wildman–Crippen LogP) is 3.52. The summed E-state index contributed by atoms with van der Waals surface area (Å²) >= 11 is 1.49. The van der Waals surface area contributed by atoms with Crippen molar-refractivity contribution >= 4 is 33.7 Å². The summed E-state index contributed by atoms with van der Waals surface area (Å²) < 4.78 is 1.31. The van der Waals surface area contributed by atoms with E-state index in [1.165, 1.54) is 27.8 Å². The molecule has 0 unspecified atom stereocenters. The van der Waals surface area contributed by atoms with Crippen LogP contribution in [0, 0.1) is 13.8 Å². The van der Waals surface area contributed by atoms with E-state index in [2.05, 4.69) is 48.4 Å². The molecule has 3 aromatic rings. The number of carbonyl (C=O) groups excluding carboxylic acids is 1. The van der Waals surface area contributed by atoms with Gasteiger partial charge in [0.1, 0.15) is 11.4 Å². The summed E-state index contributed by atoms with van der Waals surface area (Å²) in [5, 5.41) is 4.57. The molecule has 0 atom stereocenters. The summed E-state index contributed by atoms with van der Waals surface area (Å²) in [5.74, 6) is -0.379. The first kappa shape index (κ1) is 19.9. The van der Waals surface area contributed by atoms with E-state index < -0.39 is 0 Å². The molecule has 0 radical (unpaired) electrons. The second-order valence-corrected chi connectivity index (χ2v) is 9.01. The molecule has 0 saturated carbocycles. The van der Waals surface area contributed by atoms with Crippen LogP contribution in [0.5, 0.6) is 0 Å². The second kappa shape index (κ2) is 7.67. The number of amides is 1. The van der Waals surface area contributed by atoms with Crippen LogP contribution in [0.25, 0.3) is 10.2 Å². The molecule has 146 valence electrons. The van der Waals surface area contributed by atoms with Crippen LogP contribution in [0.4, 0.5) is 0 Å². The van der Waals surface area contributed by atoms with Crippen LogP contribution >= 0.6 is 11.3 Å². The third-order valence-electron chi connectivity index (χ3n) is 4.65. The number of hydrazone groups is 1. The number of rotatable bonds is 4. The van der Waals surface area contributed by atoms with Crippen LogP contribution in [0.1, 0.15) is 42.3 Å². The molecule has 0 aliphatic heterocycles. The van der Waals surface area contributed by atoms with Crippen LogP contribution in [0.3, 0.4) is 0 Å². The summed E-state index contributed by atoms with van der Waals surface area (Å²) in [4.78, 5) is 30.8. The van der Waals surface area contributed by atoms with Gasteiger partial charge in [0.2, 0.25) is 0 Å². The van der Waals surface area contributed by atoms with Gasteiger partial charge in [0.25, 0.3) is 11.5 Å². The Hall–Kier alpha value is -2.80. The van der Waals surface area contributed by atoms with Crippen molar-refractivity contribution in [2.45, 2.75) is 46.6 Å². The van der Waals surface area contributed by atoms with Crippen LogP contribution in [-0.4, -0.2) is 21.7 Å². The maximum atomic E-state index is 12.6. The van der Waals surface area contributed by atoms with Gasteiger partial charge in [-0.2, -0.15) is 5.10 Å². The molecule has 0 aliphatic carbocycles. The first-order valence-electron chi connectivity index (χ1n) is 9.04. The fraction of sp³-hybridized carbons (Fsp3) is 0.333. The Bertz CT molecular complexity index is 1100. The Kier molecular flexibility index (Phi) is 5.47. The third-order valence-corrected chi connectivity index (χ3v) is 5.76. The van der Waals surface area contributed by atoms with E-state index in [9.17, 15) is 9.59 Å². The van der Waals surface area contributed by atoms with Crippen LogP contribution < -0.4 is 11.0 Å². The number of hydrogen-bond acceptors (Lipinski definition) is 5. The molecule has 2 heterocycles. The molecule has 3 rings (SSSR count).